The van der Waals surface area contributed by atoms with Crippen molar-refractivity contribution in [3.63, 3.8) is 0 Å². The van der Waals surface area contributed by atoms with Gasteiger partial charge in [0.1, 0.15) is 6.10 Å². The first-order valence-corrected chi connectivity index (χ1v) is 11.4. The fourth-order valence-electron chi connectivity index (χ4n) is 3.36. The van der Waals surface area contributed by atoms with Crippen molar-refractivity contribution in [1.82, 2.24) is 9.88 Å². The van der Waals surface area contributed by atoms with Crippen molar-refractivity contribution in [2.75, 3.05) is 24.2 Å². The van der Waals surface area contributed by atoms with Gasteiger partial charge in [0.2, 0.25) is 5.91 Å². The number of carbonyl (C=O) groups excluding carboxylic acids is 2. The molecule has 2 aliphatic heterocycles. The van der Waals surface area contributed by atoms with Crippen molar-refractivity contribution in [2.24, 2.45) is 0 Å². The van der Waals surface area contributed by atoms with E-state index in [4.69, 9.17) is 4.74 Å². The summed E-state index contributed by atoms with van der Waals surface area (Å²) in [5.74, 6) is 0.833. The fourth-order valence-corrected chi connectivity index (χ4v) is 5.25. The first-order valence-electron chi connectivity index (χ1n) is 9.56. The Balaban J connectivity index is 1.28. The number of ether oxygens (including phenoxy) is 1. The predicted molar refractivity (Wildman–Crippen MR) is 111 cm³/mol. The number of thioether (sulfide) groups is 1. The molecular weight excluding hydrogens is 394 g/mol. The van der Waals surface area contributed by atoms with Gasteiger partial charge >= 0.3 is 0 Å². The van der Waals surface area contributed by atoms with Gasteiger partial charge in [-0.2, -0.15) is 0 Å². The Morgan fingerprint density at radius 1 is 1.32 bits per heavy atom. The van der Waals surface area contributed by atoms with Crippen molar-refractivity contribution >= 4 is 40.0 Å². The minimum Gasteiger partial charge on any atom is -0.368 e. The van der Waals surface area contributed by atoms with Crippen molar-refractivity contribution < 1.29 is 14.3 Å². The van der Waals surface area contributed by atoms with E-state index in [1.807, 2.05) is 23.1 Å². The lowest BCUT2D eigenvalue weighted by Crippen LogP contribution is -2.35. The van der Waals surface area contributed by atoms with Crippen LogP contribution in [0.5, 0.6) is 0 Å². The Hall–Kier alpha value is -1.90. The topological polar surface area (TPSA) is 71.5 Å². The van der Waals surface area contributed by atoms with E-state index in [9.17, 15) is 9.59 Å². The maximum absolute atomic E-state index is 12.6. The third-order valence-electron chi connectivity index (χ3n) is 4.86. The highest BCUT2D eigenvalue weighted by Crippen LogP contribution is 2.29. The van der Waals surface area contributed by atoms with Gasteiger partial charge in [0.25, 0.3) is 5.91 Å². The molecule has 1 fully saturated rings. The minimum absolute atomic E-state index is 0.116. The summed E-state index contributed by atoms with van der Waals surface area (Å²) in [5.41, 5.74) is 0.996. The lowest BCUT2D eigenvalue weighted by Gasteiger charge is -2.26. The number of anilines is 1. The summed E-state index contributed by atoms with van der Waals surface area (Å²) < 4.78 is 5.42. The lowest BCUT2D eigenvalue weighted by atomic mass is 10.1. The van der Waals surface area contributed by atoms with E-state index in [1.54, 1.807) is 11.8 Å². The molecule has 1 atom stereocenters. The van der Waals surface area contributed by atoms with Crippen molar-refractivity contribution in [1.29, 1.82) is 0 Å². The van der Waals surface area contributed by atoms with Crippen molar-refractivity contribution in [3.8, 4) is 0 Å². The summed E-state index contributed by atoms with van der Waals surface area (Å²) in [6.07, 6.45) is 2.59. The molecular formula is C20H23N3O3S2. The number of amides is 2. The van der Waals surface area contributed by atoms with E-state index in [0.29, 0.717) is 31.2 Å². The van der Waals surface area contributed by atoms with E-state index in [2.05, 4.69) is 22.4 Å². The minimum atomic E-state index is -0.360. The smallest absolute Gasteiger partial charge is 0.255 e. The number of aromatic nitrogens is 1. The maximum atomic E-state index is 12.6. The molecule has 0 bridgehead atoms. The van der Waals surface area contributed by atoms with Gasteiger partial charge in [0, 0.05) is 41.5 Å². The Bertz CT molecular complexity index is 834. The number of fused-ring (bicyclic) bond motifs is 1. The zero-order valence-electron chi connectivity index (χ0n) is 15.6. The molecule has 0 saturated carbocycles. The van der Waals surface area contributed by atoms with Crippen LogP contribution < -0.4 is 5.32 Å². The van der Waals surface area contributed by atoms with E-state index in [-0.39, 0.29) is 17.9 Å². The highest BCUT2D eigenvalue weighted by atomic mass is 32.2. The summed E-state index contributed by atoms with van der Waals surface area (Å²) in [4.78, 5) is 33.5. The molecule has 8 heteroatoms. The summed E-state index contributed by atoms with van der Waals surface area (Å²) >= 11 is 3.17. The molecule has 2 aliphatic rings. The standard InChI is InChI=1S/C20H23N3O3S2/c24-18(9-12-27-14-5-2-1-3-6-14)23-10-8-15-17(13-23)28-20(21-15)22-19(25)16-7-4-11-26-16/h1-3,5-6,16H,4,7-13H2,(H,21,22,25). The lowest BCUT2D eigenvalue weighted by molar-refractivity contribution is -0.131. The zero-order valence-corrected chi connectivity index (χ0v) is 17.2. The Labute approximate surface area is 172 Å². The van der Waals surface area contributed by atoms with E-state index in [1.165, 1.54) is 16.2 Å². The quantitative estimate of drug-likeness (QED) is 0.730. The number of hydrogen-bond donors (Lipinski definition) is 1. The number of thiazole rings is 1. The third kappa shape index (κ3) is 4.74. The largest absolute Gasteiger partial charge is 0.368 e. The monoisotopic (exact) mass is 417 g/mol. The molecule has 1 N–H and O–H groups in total. The van der Waals surface area contributed by atoms with E-state index < -0.39 is 0 Å². The second-order valence-electron chi connectivity index (χ2n) is 6.86. The summed E-state index contributed by atoms with van der Waals surface area (Å²) in [5, 5.41) is 3.48. The van der Waals surface area contributed by atoms with Crippen LogP contribution in [-0.2, 0) is 27.3 Å². The number of benzene rings is 1. The average molecular weight is 418 g/mol. The third-order valence-corrected chi connectivity index (χ3v) is 6.88. The summed E-state index contributed by atoms with van der Waals surface area (Å²) in [7, 11) is 0. The highest BCUT2D eigenvalue weighted by molar-refractivity contribution is 7.99. The molecule has 0 spiro atoms. The fraction of sp³-hybridized carbons (Fsp3) is 0.450. The molecule has 1 aromatic heterocycles. The number of rotatable bonds is 6. The van der Waals surface area contributed by atoms with Gasteiger partial charge in [0.05, 0.1) is 12.2 Å². The SMILES string of the molecule is O=C(Nc1nc2c(s1)CN(C(=O)CCSc1ccccc1)CC2)C1CCCO1. The number of hydrogen-bond acceptors (Lipinski definition) is 6. The van der Waals surface area contributed by atoms with Crippen LogP contribution in [0.15, 0.2) is 35.2 Å². The van der Waals surface area contributed by atoms with Crippen LogP contribution in [0.1, 0.15) is 29.8 Å². The molecule has 1 aromatic carbocycles. The van der Waals surface area contributed by atoms with Crippen molar-refractivity contribution in [2.45, 2.75) is 43.2 Å². The molecule has 3 heterocycles. The summed E-state index contributed by atoms with van der Waals surface area (Å²) in [6, 6.07) is 10.1. The van der Waals surface area contributed by atoms with Crippen LogP contribution in [-0.4, -0.2) is 46.7 Å². The first kappa shape index (κ1) is 19.4. The molecule has 2 aromatic rings. The van der Waals surface area contributed by atoms with Gasteiger partial charge in [-0.05, 0) is 25.0 Å². The van der Waals surface area contributed by atoms with Gasteiger partial charge in [-0.3, -0.25) is 14.9 Å². The second kappa shape index (κ2) is 9.07. The van der Waals surface area contributed by atoms with Crippen LogP contribution in [0.2, 0.25) is 0 Å². The van der Waals surface area contributed by atoms with E-state index in [0.717, 1.165) is 35.6 Å². The maximum Gasteiger partial charge on any atom is 0.255 e. The van der Waals surface area contributed by atoms with Gasteiger partial charge in [-0.15, -0.1) is 11.8 Å². The molecule has 4 rings (SSSR count). The Morgan fingerprint density at radius 2 is 2.18 bits per heavy atom. The van der Waals surface area contributed by atoms with Crippen LogP contribution in [0.4, 0.5) is 5.13 Å². The van der Waals surface area contributed by atoms with Gasteiger partial charge < -0.3 is 9.64 Å². The molecule has 0 aliphatic carbocycles. The molecule has 1 saturated heterocycles. The molecule has 6 nitrogen and oxygen atoms in total. The highest BCUT2D eigenvalue weighted by Gasteiger charge is 2.27. The summed E-state index contributed by atoms with van der Waals surface area (Å²) in [6.45, 7) is 1.91. The second-order valence-corrected chi connectivity index (χ2v) is 9.11. The van der Waals surface area contributed by atoms with Crippen LogP contribution >= 0.6 is 23.1 Å². The molecule has 28 heavy (non-hydrogen) atoms. The molecule has 1 unspecified atom stereocenters. The first-order chi connectivity index (χ1) is 13.7. The molecule has 148 valence electrons. The van der Waals surface area contributed by atoms with Crippen LogP contribution in [0.25, 0.3) is 0 Å². The molecule has 0 radical (unpaired) electrons. The average Bonchev–Trinajstić information content (AvgIpc) is 3.37. The van der Waals surface area contributed by atoms with E-state index >= 15 is 0 Å². The van der Waals surface area contributed by atoms with Gasteiger partial charge in [-0.25, -0.2) is 4.98 Å². The Kier molecular flexibility index (Phi) is 6.29. The number of nitrogens with one attached hydrogen (secondary N) is 1. The normalized spacial score (nSPS) is 18.7. The predicted octanol–water partition coefficient (Wildman–Crippen LogP) is 3.33. The van der Waals surface area contributed by atoms with Crippen LogP contribution in [0.3, 0.4) is 0 Å². The van der Waals surface area contributed by atoms with Gasteiger partial charge in [0.15, 0.2) is 5.13 Å². The van der Waals surface area contributed by atoms with Gasteiger partial charge in [-0.1, -0.05) is 29.5 Å². The van der Waals surface area contributed by atoms with Crippen LogP contribution in [0, 0.1) is 0 Å². The number of nitrogens with zero attached hydrogens (tertiary/aromatic N) is 2. The Morgan fingerprint density at radius 3 is 2.96 bits per heavy atom. The zero-order chi connectivity index (χ0) is 19.3. The van der Waals surface area contributed by atoms with Crippen molar-refractivity contribution in [3.05, 3.63) is 40.9 Å². The molecule has 2 amide bonds. The number of carbonyl (C=O) groups is 2.